The first kappa shape index (κ1) is 12.0. The lowest BCUT2D eigenvalue weighted by Gasteiger charge is -2.15. The van der Waals surface area contributed by atoms with Crippen molar-refractivity contribution in [2.24, 2.45) is 7.05 Å². The second kappa shape index (κ2) is 4.80. The van der Waals surface area contributed by atoms with Crippen LogP contribution in [0.2, 0.25) is 5.02 Å². The number of halogens is 1. The minimum absolute atomic E-state index is 0.183. The molecule has 1 unspecified atom stereocenters. The van der Waals surface area contributed by atoms with Crippen molar-refractivity contribution < 1.29 is 0 Å². The van der Waals surface area contributed by atoms with E-state index >= 15 is 0 Å². The van der Waals surface area contributed by atoms with E-state index in [1.807, 2.05) is 31.6 Å². The van der Waals surface area contributed by atoms with Gasteiger partial charge in [0.25, 0.3) is 0 Å². The van der Waals surface area contributed by atoms with Crippen molar-refractivity contribution in [1.29, 1.82) is 0 Å². The van der Waals surface area contributed by atoms with Crippen molar-refractivity contribution in [2.45, 2.75) is 19.9 Å². The van der Waals surface area contributed by atoms with Crippen molar-refractivity contribution in [3.8, 4) is 0 Å². The molecule has 0 bridgehead atoms. The Balaban J connectivity index is 2.18. The maximum absolute atomic E-state index is 6.15. The topological polar surface area (TPSA) is 29.9 Å². The Labute approximate surface area is 106 Å². The molecule has 0 spiro atoms. The molecule has 0 fully saturated rings. The van der Waals surface area contributed by atoms with Crippen molar-refractivity contribution in [2.75, 3.05) is 5.32 Å². The number of anilines is 1. The first-order valence-electron chi connectivity index (χ1n) is 5.57. The van der Waals surface area contributed by atoms with Crippen molar-refractivity contribution in [3.05, 3.63) is 46.7 Å². The van der Waals surface area contributed by atoms with Gasteiger partial charge in [-0.2, -0.15) is 5.10 Å². The molecule has 17 heavy (non-hydrogen) atoms. The lowest BCUT2D eigenvalue weighted by atomic mass is 10.1. The molecule has 1 atom stereocenters. The second-order valence-corrected chi connectivity index (χ2v) is 4.70. The maximum atomic E-state index is 6.15. The maximum Gasteiger partial charge on any atom is 0.0637 e. The molecule has 1 aromatic carbocycles. The van der Waals surface area contributed by atoms with E-state index in [1.165, 1.54) is 5.56 Å². The van der Waals surface area contributed by atoms with Gasteiger partial charge in [-0.25, -0.2) is 0 Å². The number of benzene rings is 1. The number of rotatable bonds is 3. The summed E-state index contributed by atoms with van der Waals surface area (Å²) in [5.41, 5.74) is 3.29. The van der Waals surface area contributed by atoms with Crippen LogP contribution in [0.3, 0.4) is 0 Å². The average Bonchev–Trinajstić information content (AvgIpc) is 2.70. The standard InChI is InChI=1S/C13H16ClN3/c1-9-4-5-12(14)13(6-9)16-10(2)11-7-15-17(3)8-11/h4-8,10,16H,1-3H3. The van der Waals surface area contributed by atoms with Crippen LogP contribution in [0.1, 0.15) is 24.1 Å². The highest BCUT2D eigenvalue weighted by Crippen LogP contribution is 2.26. The minimum atomic E-state index is 0.183. The van der Waals surface area contributed by atoms with Gasteiger partial charge in [-0.3, -0.25) is 4.68 Å². The molecule has 4 heteroatoms. The monoisotopic (exact) mass is 249 g/mol. The second-order valence-electron chi connectivity index (χ2n) is 4.30. The highest BCUT2D eigenvalue weighted by Gasteiger charge is 2.09. The van der Waals surface area contributed by atoms with Crippen LogP contribution in [-0.2, 0) is 7.05 Å². The van der Waals surface area contributed by atoms with E-state index in [0.29, 0.717) is 0 Å². The van der Waals surface area contributed by atoms with Gasteiger partial charge < -0.3 is 5.32 Å². The predicted molar refractivity (Wildman–Crippen MR) is 71.4 cm³/mol. The summed E-state index contributed by atoms with van der Waals surface area (Å²) in [5.74, 6) is 0. The van der Waals surface area contributed by atoms with Gasteiger partial charge >= 0.3 is 0 Å². The van der Waals surface area contributed by atoms with E-state index in [0.717, 1.165) is 16.3 Å². The molecule has 0 aliphatic carbocycles. The molecule has 90 valence electrons. The fourth-order valence-corrected chi connectivity index (χ4v) is 1.90. The number of aromatic nitrogens is 2. The zero-order valence-corrected chi connectivity index (χ0v) is 11.0. The summed E-state index contributed by atoms with van der Waals surface area (Å²) in [7, 11) is 1.91. The van der Waals surface area contributed by atoms with E-state index in [1.54, 1.807) is 4.68 Å². The molecule has 1 heterocycles. The third-order valence-electron chi connectivity index (χ3n) is 2.72. The number of hydrogen-bond donors (Lipinski definition) is 1. The molecule has 0 amide bonds. The third-order valence-corrected chi connectivity index (χ3v) is 3.05. The Morgan fingerprint density at radius 2 is 2.18 bits per heavy atom. The Bertz CT molecular complexity index is 519. The highest BCUT2D eigenvalue weighted by molar-refractivity contribution is 6.33. The first-order chi connectivity index (χ1) is 8.06. The molecule has 1 aromatic heterocycles. The summed E-state index contributed by atoms with van der Waals surface area (Å²) in [6.45, 7) is 4.14. The fourth-order valence-electron chi connectivity index (χ4n) is 1.73. The van der Waals surface area contributed by atoms with Crippen LogP contribution in [0.25, 0.3) is 0 Å². The van der Waals surface area contributed by atoms with Gasteiger partial charge in [0.05, 0.1) is 22.9 Å². The van der Waals surface area contributed by atoms with Crippen LogP contribution < -0.4 is 5.32 Å². The number of hydrogen-bond acceptors (Lipinski definition) is 2. The van der Waals surface area contributed by atoms with Gasteiger partial charge in [-0.05, 0) is 31.5 Å². The summed E-state index contributed by atoms with van der Waals surface area (Å²) >= 11 is 6.15. The fraction of sp³-hybridized carbons (Fsp3) is 0.308. The molecule has 3 nitrogen and oxygen atoms in total. The third kappa shape index (κ3) is 2.80. The molecule has 2 aromatic rings. The summed E-state index contributed by atoms with van der Waals surface area (Å²) in [5, 5.41) is 8.30. The van der Waals surface area contributed by atoms with E-state index < -0.39 is 0 Å². The zero-order valence-electron chi connectivity index (χ0n) is 10.2. The van der Waals surface area contributed by atoms with Gasteiger partial charge in [-0.15, -0.1) is 0 Å². The molecule has 0 saturated heterocycles. The Morgan fingerprint density at radius 3 is 2.82 bits per heavy atom. The molecule has 2 rings (SSSR count). The van der Waals surface area contributed by atoms with Crippen molar-refractivity contribution in [1.82, 2.24) is 9.78 Å². The number of nitrogens with zero attached hydrogens (tertiary/aromatic N) is 2. The van der Waals surface area contributed by atoms with Crippen LogP contribution in [-0.4, -0.2) is 9.78 Å². The Kier molecular flexibility index (Phi) is 3.38. The highest BCUT2D eigenvalue weighted by atomic mass is 35.5. The summed E-state index contributed by atoms with van der Waals surface area (Å²) < 4.78 is 1.80. The van der Waals surface area contributed by atoms with Crippen LogP contribution in [0, 0.1) is 6.92 Å². The summed E-state index contributed by atoms with van der Waals surface area (Å²) in [6, 6.07) is 6.15. The smallest absolute Gasteiger partial charge is 0.0637 e. The van der Waals surface area contributed by atoms with Gasteiger partial charge in [0.15, 0.2) is 0 Å². The van der Waals surface area contributed by atoms with Gasteiger partial charge in [0, 0.05) is 18.8 Å². The van der Waals surface area contributed by atoms with E-state index in [-0.39, 0.29) is 6.04 Å². The van der Waals surface area contributed by atoms with Crippen LogP contribution in [0.4, 0.5) is 5.69 Å². The van der Waals surface area contributed by atoms with E-state index in [9.17, 15) is 0 Å². The molecule has 1 N–H and O–H groups in total. The Hall–Kier alpha value is -1.48. The van der Waals surface area contributed by atoms with E-state index in [4.69, 9.17) is 11.6 Å². The lowest BCUT2D eigenvalue weighted by Crippen LogP contribution is -2.06. The molecule has 0 aliphatic heterocycles. The van der Waals surface area contributed by atoms with Crippen molar-refractivity contribution >= 4 is 17.3 Å². The molecular formula is C13H16ClN3. The van der Waals surface area contributed by atoms with Gasteiger partial charge in [-0.1, -0.05) is 17.7 Å². The molecular weight excluding hydrogens is 234 g/mol. The SMILES string of the molecule is Cc1ccc(Cl)c(NC(C)c2cnn(C)c2)c1. The first-order valence-corrected chi connectivity index (χ1v) is 5.95. The number of aryl methyl sites for hydroxylation is 2. The zero-order chi connectivity index (χ0) is 12.4. The Morgan fingerprint density at radius 1 is 1.41 bits per heavy atom. The molecule has 0 saturated carbocycles. The lowest BCUT2D eigenvalue weighted by molar-refractivity contribution is 0.765. The predicted octanol–water partition coefficient (Wildman–Crippen LogP) is 3.56. The largest absolute Gasteiger partial charge is 0.377 e. The van der Waals surface area contributed by atoms with Crippen LogP contribution in [0.15, 0.2) is 30.6 Å². The van der Waals surface area contributed by atoms with E-state index in [2.05, 4.69) is 30.3 Å². The number of nitrogens with one attached hydrogen (secondary N) is 1. The van der Waals surface area contributed by atoms with Gasteiger partial charge in [0.1, 0.15) is 0 Å². The van der Waals surface area contributed by atoms with Gasteiger partial charge in [0.2, 0.25) is 0 Å². The van der Waals surface area contributed by atoms with Crippen LogP contribution in [0.5, 0.6) is 0 Å². The molecule has 0 aliphatic rings. The molecule has 0 radical (unpaired) electrons. The quantitative estimate of drug-likeness (QED) is 0.902. The summed E-state index contributed by atoms with van der Waals surface area (Å²) in [4.78, 5) is 0. The summed E-state index contributed by atoms with van der Waals surface area (Å²) in [6.07, 6.45) is 3.86. The van der Waals surface area contributed by atoms with Crippen molar-refractivity contribution in [3.63, 3.8) is 0 Å². The average molecular weight is 250 g/mol. The van der Waals surface area contributed by atoms with Crippen LogP contribution >= 0.6 is 11.6 Å². The minimum Gasteiger partial charge on any atom is -0.377 e. The normalized spacial score (nSPS) is 12.5.